The second kappa shape index (κ2) is 5.83. The number of thiophene rings is 1. The lowest BCUT2D eigenvalue weighted by Gasteiger charge is -2.11. The molecule has 0 radical (unpaired) electrons. The molecule has 0 bridgehead atoms. The van der Waals surface area contributed by atoms with Crippen molar-refractivity contribution in [1.82, 2.24) is 14.6 Å². The topological polar surface area (TPSA) is 30.2 Å². The van der Waals surface area contributed by atoms with Gasteiger partial charge in [0.15, 0.2) is 5.65 Å². The van der Waals surface area contributed by atoms with Crippen molar-refractivity contribution in [3.05, 3.63) is 76.3 Å². The van der Waals surface area contributed by atoms with Gasteiger partial charge in [0.2, 0.25) is 0 Å². The number of rotatable bonds is 3. The third-order valence-electron chi connectivity index (χ3n) is 4.27. The van der Waals surface area contributed by atoms with Gasteiger partial charge in [-0.05, 0) is 48.6 Å². The van der Waals surface area contributed by atoms with E-state index in [2.05, 4.69) is 16.5 Å². The first-order chi connectivity index (χ1) is 11.6. The van der Waals surface area contributed by atoms with Crippen molar-refractivity contribution >= 4 is 17.0 Å². The lowest BCUT2D eigenvalue weighted by Crippen LogP contribution is -2.06. The maximum atomic E-state index is 13.5. The minimum absolute atomic E-state index is 0.212. The molecule has 0 fully saturated rings. The number of nitrogens with zero attached hydrogens (tertiary/aromatic N) is 3. The molecular weight excluding hydrogens is 321 g/mol. The van der Waals surface area contributed by atoms with Gasteiger partial charge in [0.05, 0.1) is 11.8 Å². The first-order valence-corrected chi connectivity index (χ1v) is 8.63. The van der Waals surface area contributed by atoms with Gasteiger partial charge in [0.25, 0.3) is 0 Å². The van der Waals surface area contributed by atoms with Gasteiger partial charge in [-0.3, -0.25) is 0 Å². The summed E-state index contributed by atoms with van der Waals surface area (Å²) in [5.74, 6) is -0.212. The maximum absolute atomic E-state index is 13.5. The fourth-order valence-electron chi connectivity index (χ4n) is 3.02. The number of hydrogen-bond donors (Lipinski definition) is 0. The quantitative estimate of drug-likeness (QED) is 0.537. The standard InChI is InChI=1S/C19H16FN3S/c1-12-16(10-14-5-3-6-15(20)9-14)13(2)23-19(22-12)17(11-21-23)18-7-4-8-24-18/h3-9,11H,10H2,1-2H3. The van der Waals surface area contributed by atoms with Crippen molar-refractivity contribution in [2.45, 2.75) is 20.3 Å². The summed E-state index contributed by atoms with van der Waals surface area (Å²) in [5.41, 5.74) is 5.96. The number of aromatic nitrogens is 3. The molecule has 0 saturated heterocycles. The SMILES string of the molecule is Cc1nc2c(-c3cccs3)cnn2c(C)c1Cc1cccc(F)c1. The van der Waals surface area contributed by atoms with E-state index in [0.717, 1.165) is 38.6 Å². The van der Waals surface area contributed by atoms with Crippen LogP contribution in [0.2, 0.25) is 0 Å². The summed E-state index contributed by atoms with van der Waals surface area (Å²) in [5, 5.41) is 6.57. The van der Waals surface area contributed by atoms with E-state index < -0.39 is 0 Å². The summed E-state index contributed by atoms with van der Waals surface area (Å²) in [7, 11) is 0. The van der Waals surface area contributed by atoms with Crippen LogP contribution in [-0.4, -0.2) is 14.6 Å². The van der Waals surface area contributed by atoms with Gasteiger partial charge in [-0.1, -0.05) is 18.2 Å². The predicted octanol–water partition coefficient (Wildman–Crippen LogP) is 4.80. The van der Waals surface area contributed by atoms with Crippen LogP contribution in [0.25, 0.3) is 16.1 Å². The van der Waals surface area contributed by atoms with Crippen molar-refractivity contribution in [3.8, 4) is 10.4 Å². The summed E-state index contributed by atoms with van der Waals surface area (Å²) in [4.78, 5) is 5.95. The Labute approximate surface area is 143 Å². The number of aryl methyl sites for hydroxylation is 2. The summed E-state index contributed by atoms with van der Waals surface area (Å²) in [6.07, 6.45) is 2.51. The number of benzene rings is 1. The minimum atomic E-state index is -0.212. The van der Waals surface area contributed by atoms with E-state index in [9.17, 15) is 4.39 Å². The molecule has 0 saturated carbocycles. The average Bonchev–Trinajstić information content (AvgIpc) is 3.20. The lowest BCUT2D eigenvalue weighted by atomic mass is 10.0. The zero-order valence-electron chi connectivity index (χ0n) is 13.5. The molecule has 0 aliphatic carbocycles. The van der Waals surface area contributed by atoms with E-state index in [-0.39, 0.29) is 5.82 Å². The Balaban J connectivity index is 1.83. The summed E-state index contributed by atoms with van der Waals surface area (Å²) >= 11 is 1.68. The Bertz CT molecular complexity index is 1020. The first kappa shape index (κ1) is 15.0. The lowest BCUT2D eigenvalue weighted by molar-refractivity contribution is 0.626. The molecule has 3 aromatic heterocycles. The van der Waals surface area contributed by atoms with Gasteiger partial charge in [-0.25, -0.2) is 13.9 Å². The van der Waals surface area contributed by atoms with Crippen molar-refractivity contribution < 1.29 is 4.39 Å². The molecule has 0 amide bonds. The van der Waals surface area contributed by atoms with Crippen LogP contribution in [0.3, 0.4) is 0 Å². The van der Waals surface area contributed by atoms with Crippen LogP contribution < -0.4 is 0 Å². The van der Waals surface area contributed by atoms with Gasteiger partial charge in [-0.2, -0.15) is 5.10 Å². The van der Waals surface area contributed by atoms with Crippen LogP contribution in [0.1, 0.15) is 22.5 Å². The summed E-state index contributed by atoms with van der Waals surface area (Å²) in [6.45, 7) is 4.05. The van der Waals surface area contributed by atoms with Crippen LogP contribution in [0.5, 0.6) is 0 Å². The zero-order chi connectivity index (χ0) is 16.7. The van der Waals surface area contributed by atoms with Crippen LogP contribution in [-0.2, 0) is 6.42 Å². The third kappa shape index (κ3) is 2.51. The maximum Gasteiger partial charge on any atom is 0.164 e. The molecule has 0 atom stereocenters. The molecule has 120 valence electrons. The van der Waals surface area contributed by atoms with Gasteiger partial charge in [0.1, 0.15) is 5.82 Å². The molecule has 0 aliphatic rings. The summed E-state index contributed by atoms with van der Waals surface area (Å²) < 4.78 is 15.3. The Hall–Kier alpha value is -2.53. The average molecular weight is 337 g/mol. The van der Waals surface area contributed by atoms with Crippen molar-refractivity contribution in [2.24, 2.45) is 0 Å². The Morgan fingerprint density at radius 3 is 2.79 bits per heavy atom. The van der Waals surface area contributed by atoms with E-state index in [1.807, 2.05) is 36.7 Å². The molecule has 3 nitrogen and oxygen atoms in total. The fraction of sp³-hybridized carbons (Fsp3) is 0.158. The van der Waals surface area contributed by atoms with Gasteiger partial charge in [-0.15, -0.1) is 11.3 Å². The second-order valence-corrected chi connectivity index (χ2v) is 6.79. The zero-order valence-corrected chi connectivity index (χ0v) is 14.3. The minimum Gasteiger partial charge on any atom is -0.233 e. The molecule has 4 aromatic rings. The largest absolute Gasteiger partial charge is 0.233 e. The highest BCUT2D eigenvalue weighted by atomic mass is 32.1. The Kier molecular flexibility index (Phi) is 3.65. The van der Waals surface area contributed by atoms with Gasteiger partial charge >= 0.3 is 0 Å². The van der Waals surface area contributed by atoms with Crippen LogP contribution in [0.15, 0.2) is 48.0 Å². The highest BCUT2D eigenvalue weighted by molar-refractivity contribution is 7.13. The number of halogens is 1. The molecule has 0 N–H and O–H groups in total. The first-order valence-electron chi connectivity index (χ1n) is 7.75. The molecule has 3 heterocycles. The molecule has 5 heteroatoms. The Morgan fingerprint density at radius 2 is 2.04 bits per heavy atom. The third-order valence-corrected chi connectivity index (χ3v) is 5.17. The highest BCUT2D eigenvalue weighted by Gasteiger charge is 2.15. The fourth-order valence-corrected chi connectivity index (χ4v) is 3.76. The number of fused-ring (bicyclic) bond motifs is 1. The Morgan fingerprint density at radius 1 is 1.17 bits per heavy atom. The molecule has 1 aromatic carbocycles. The highest BCUT2D eigenvalue weighted by Crippen LogP contribution is 2.29. The molecule has 0 unspecified atom stereocenters. The van der Waals surface area contributed by atoms with Gasteiger partial charge < -0.3 is 0 Å². The predicted molar refractivity (Wildman–Crippen MR) is 95.0 cm³/mol. The van der Waals surface area contributed by atoms with Crippen LogP contribution >= 0.6 is 11.3 Å². The van der Waals surface area contributed by atoms with E-state index >= 15 is 0 Å². The van der Waals surface area contributed by atoms with Crippen molar-refractivity contribution in [2.75, 3.05) is 0 Å². The van der Waals surface area contributed by atoms with Crippen molar-refractivity contribution in [3.63, 3.8) is 0 Å². The molecule has 4 rings (SSSR count). The molecule has 24 heavy (non-hydrogen) atoms. The molecule has 0 spiro atoms. The monoisotopic (exact) mass is 337 g/mol. The normalized spacial score (nSPS) is 11.3. The van der Waals surface area contributed by atoms with Crippen molar-refractivity contribution in [1.29, 1.82) is 0 Å². The van der Waals surface area contributed by atoms with Crippen LogP contribution in [0, 0.1) is 19.7 Å². The van der Waals surface area contributed by atoms with E-state index in [0.29, 0.717) is 6.42 Å². The van der Waals surface area contributed by atoms with E-state index in [1.165, 1.54) is 6.07 Å². The summed E-state index contributed by atoms with van der Waals surface area (Å²) in [6, 6.07) is 10.8. The van der Waals surface area contributed by atoms with Gasteiger partial charge in [0, 0.05) is 22.7 Å². The van der Waals surface area contributed by atoms with E-state index in [4.69, 9.17) is 4.98 Å². The smallest absolute Gasteiger partial charge is 0.164 e. The molecular formula is C19H16FN3S. The second-order valence-electron chi connectivity index (χ2n) is 5.84. The van der Waals surface area contributed by atoms with E-state index in [1.54, 1.807) is 23.5 Å². The van der Waals surface area contributed by atoms with Crippen LogP contribution in [0.4, 0.5) is 4.39 Å². The number of hydrogen-bond acceptors (Lipinski definition) is 3. The molecule has 0 aliphatic heterocycles.